The number of hydrogen-bond donors (Lipinski definition) is 0. The van der Waals surface area contributed by atoms with E-state index >= 15 is 0 Å². The molecule has 2 aliphatic heterocycles. The molecule has 11 heteroatoms. The van der Waals surface area contributed by atoms with Crippen LogP contribution >= 0.6 is 23.2 Å². The SMILES string of the molecule is FC(F)(F)C1CCN(c2nc(N3C[C@H]4CCC[C@H]4C3)nc3c2nc(-c2ccccc2Cl)n3-c2ccc(Cl)cc2)CC1. The van der Waals surface area contributed by atoms with Crippen LogP contribution in [0.3, 0.4) is 0 Å². The number of benzene rings is 2. The first-order valence-corrected chi connectivity index (χ1v) is 14.9. The molecule has 1 saturated carbocycles. The van der Waals surface area contributed by atoms with Crippen LogP contribution in [0.2, 0.25) is 10.0 Å². The summed E-state index contributed by atoms with van der Waals surface area (Å²) in [7, 11) is 0. The minimum atomic E-state index is -4.20. The standard InChI is InChI=1S/C30H29Cl2F3N6/c31-21-8-10-22(11-9-21)41-26(23-6-1-2-7-24(23)32)36-25-27(39-14-12-20(13-15-39)30(33,34)35)37-29(38-28(25)41)40-16-18-4-3-5-19(18)17-40/h1-2,6-11,18-20H,3-5,12-17H2/t18-,19+. The predicted molar refractivity (Wildman–Crippen MR) is 156 cm³/mol. The van der Waals surface area contributed by atoms with Gasteiger partial charge in [-0.05, 0) is 73.9 Å². The van der Waals surface area contributed by atoms with Gasteiger partial charge in [-0.3, -0.25) is 4.57 Å². The summed E-state index contributed by atoms with van der Waals surface area (Å²) in [5.74, 6) is 1.70. The molecule has 0 N–H and O–H groups in total. The van der Waals surface area contributed by atoms with Crippen LogP contribution in [-0.2, 0) is 0 Å². The third kappa shape index (κ3) is 4.91. The Kier molecular flexibility index (Phi) is 6.77. The largest absolute Gasteiger partial charge is 0.391 e. The van der Waals surface area contributed by atoms with Gasteiger partial charge in [0, 0.05) is 42.5 Å². The van der Waals surface area contributed by atoms with Crippen molar-refractivity contribution in [2.24, 2.45) is 17.8 Å². The molecule has 4 aromatic rings. The molecule has 214 valence electrons. The number of fused-ring (bicyclic) bond motifs is 2. The summed E-state index contributed by atoms with van der Waals surface area (Å²) >= 11 is 12.9. The molecule has 2 saturated heterocycles. The fourth-order valence-electron chi connectivity index (χ4n) is 6.77. The Bertz CT molecular complexity index is 1570. The highest BCUT2D eigenvalue weighted by Crippen LogP contribution is 2.42. The van der Waals surface area contributed by atoms with Crippen molar-refractivity contribution >= 4 is 46.1 Å². The van der Waals surface area contributed by atoms with E-state index in [1.807, 2.05) is 58.0 Å². The average Bonchev–Trinajstić information content (AvgIpc) is 3.67. The van der Waals surface area contributed by atoms with Crippen molar-refractivity contribution in [3.8, 4) is 17.1 Å². The highest BCUT2D eigenvalue weighted by atomic mass is 35.5. The van der Waals surface area contributed by atoms with Gasteiger partial charge in [0.25, 0.3) is 0 Å². The normalized spacial score (nSPS) is 21.7. The van der Waals surface area contributed by atoms with Crippen LogP contribution < -0.4 is 9.80 Å². The van der Waals surface area contributed by atoms with Gasteiger partial charge in [-0.2, -0.15) is 23.1 Å². The van der Waals surface area contributed by atoms with Crippen molar-refractivity contribution in [3.63, 3.8) is 0 Å². The summed E-state index contributed by atoms with van der Waals surface area (Å²) < 4.78 is 42.5. The third-order valence-electron chi connectivity index (χ3n) is 8.94. The van der Waals surface area contributed by atoms with Gasteiger partial charge in [0.2, 0.25) is 5.95 Å². The number of nitrogens with zero attached hydrogens (tertiary/aromatic N) is 6. The van der Waals surface area contributed by atoms with E-state index in [1.165, 1.54) is 19.3 Å². The highest BCUT2D eigenvalue weighted by molar-refractivity contribution is 6.33. The molecule has 0 radical (unpaired) electrons. The molecule has 0 bridgehead atoms. The van der Waals surface area contributed by atoms with Crippen LogP contribution in [-0.4, -0.2) is 51.9 Å². The van der Waals surface area contributed by atoms with E-state index < -0.39 is 12.1 Å². The molecule has 4 heterocycles. The Morgan fingerprint density at radius 3 is 2.12 bits per heavy atom. The number of alkyl halides is 3. The van der Waals surface area contributed by atoms with Gasteiger partial charge in [-0.25, -0.2) is 4.98 Å². The minimum Gasteiger partial charge on any atom is -0.355 e. The van der Waals surface area contributed by atoms with Crippen molar-refractivity contribution < 1.29 is 13.2 Å². The Morgan fingerprint density at radius 1 is 0.780 bits per heavy atom. The van der Waals surface area contributed by atoms with Crippen molar-refractivity contribution in [2.75, 3.05) is 36.0 Å². The van der Waals surface area contributed by atoms with Crippen LogP contribution in [0.1, 0.15) is 32.1 Å². The summed E-state index contributed by atoms with van der Waals surface area (Å²) in [5.41, 5.74) is 2.67. The molecule has 7 rings (SSSR count). The molecule has 0 spiro atoms. The van der Waals surface area contributed by atoms with Crippen molar-refractivity contribution in [1.82, 2.24) is 19.5 Å². The lowest BCUT2D eigenvalue weighted by Gasteiger charge is -2.34. The first-order chi connectivity index (χ1) is 19.8. The van der Waals surface area contributed by atoms with Crippen LogP contribution in [0.15, 0.2) is 48.5 Å². The van der Waals surface area contributed by atoms with Gasteiger partial charge < -0.3 is 9.80 Å². The summed E-state index contributed by atoms with van der Waals surface area (Å²) in [6.07, 6.45) is -0.478. The van der Waals surface area contributed by atoms with Crippen LogP contribution in [0.5, 0.6) is 0 Å². The summed E-state index contributed by atoms with van der Waals surface area (Å²) in [4.78, 5) is 19.4. The predicted octanol–water partition coefficient (Wildman–Crippen LogP) is 7.80. The van der Waals surface area contributed by atoms with Crippen LogP contribution in [0.4, 0.5) is 24.9 Å². The Balaban J connectivity index is 1.42. The zero-order valence-corrected chi connectivity index (χ0v) is 23.8. The summed E-state index contributed by atoms with van der Waals surface area (Å²) in [6.45, 7) is 2.27. The molecule has 0 unspecified atom stereocenters. The Morgan fingerprint density at radius 2 is 1.46 bits per heavy atom. The topological polar surface area (TPSA) is 50.1 Å². The zero-order valence-electron chi connectivity index (χ0n) is 22.3. The van der Waals surface area contributed by atoms with E-state index in [4.69, 9.17) is 38.2 Å². The molecule has 3 aliphatic rings. The minimum absolute atomic E-state index is 0.0213. The van der Waals surface area contributed by atoms with Crippen LogP contribution in [0, 0.1) is 17.8 Å². The lowest BCUT2D eigenvalue weighted by atomic mass is 9.96. The van der Waals surface area contributed by atoms with E-state index in [0.29, 0.717) is 50.6 Å². The molecule has 3 fully saturated rings. The molecule has 1 aliphatic carbocycles. The number of rotatable bonds is 4. The molecule has 0 amide bonds. The van der Waals surface area contributed by atoms with Gasteiger partial charge in [-0.15, -0.1) is 0 Å². The Hall–Kier alpha value is -3.04. The number of hydrogen-bond acceptors (Lipinski definition) is 5. The van der Waals surface area contributed by atoms with Gasteiger partial charge in [0.1, 0.15) is 5.82 Å². The van der Waals surface area contributed by atoms with Gasteiger partial charge in [0.05, 0.1) is 10.9 Å². The first-order valence-electron chi connectivity index (χ1n) is 14.1. The van der Waals surface area contributed by atoms with Crippen molar-refractivity contribution in [2.45, 2.75) is 38.3 Å². The molecular weight excluding hydrogens is 572 g/mol. The second-order valence-electron chi connectivity index (χ2n) is 11.4. The maximum absolute atomic E-state index is 13.5. The monoisotopic (exact) mass is 600 g/mol. The number of anilines is 2. The highest BCUT2D eigenvalue weighted by Gasteiger charge is 2.42. The molecule has 2 aromatic carbocycles. The second kappa shape index (κ2) is 10.3. The third-order valence-corrected chi connectivity index (χ3v) is 9.52. The van der Waals surface area contributed by atoms with E-state index in [-0.39, 0.29) is 25.9 Å². The molecule has 41 heavy (non-hydrogen) atoms. The number of aromatic nitrogens is 4. The smallest absolute Gasteiger partial charge is 0.355 e. The zero-order chi connectivity index (χ0) is 28.3. The molecule has 6 nitrogen and oxygen atoms in total. The van der Waals surface area contributed by atoms with Crippen molar-refractivity contribution in [3.05, 3.63) is 58.6 Å². The van der Waals surface area contributed by atoms with Crippen molar-refractivity contribution in [1.29, 1.82) is 0 Å². The maximum atomic E-state index is 13.5. The number of imidazole rings is 1. The van der Waals surface area contributed by atoms with Crippen LogP contribution in [0.25, 0.3) is 28.2 Å². The van der Waals surface area contributed by atoms with E-state index in [9.17, 15) is 13.2 Å². The van der Waals surface area contributed by atoms with Gasteiger partial charge in [0.15, 0.2) is 17.0 Å². The molecule has 2 atom stereocenters. The second-order valence-corrected chi connectivity index (χ2v) is 12.2. The lowest BCUT2D eigenvalue weighted by Crippen LogP contribution is -2.39. The number of piperidine rings is 1. The van der Waals surface area contributed by atoms with Gasteiger partial charge >= 0.3 is 6.18 Å². The summed E-state index contributed by atoms with van der Waals surface area (Å²) in [6, 6.07) is 14.9. The lowest BCUT2D eigenvalue weighted by molar-refractivity contribution is -0.179. The first kappa shape index (κ1) is 26.8. The van der Waals surface area contributed by atoms with Gasteiger partial charge in [-0.1, -0.05) is 41.8 Å². The van der Waals surface area contributed by atoms with E-state index in [0.717, 1.165) is 24.3 Å². The quantitative estimate of drug-likeness (QED) is 0.239. The van der Waals surface area contributed by atoms with E-state index in [1.54, 1.807) is 0 Å². The Labute approximate surface area is 246 Å². The molecular formula is C30H29Cl2F3N6. The summed E-state index contributed by atoms with van der Waals surface area (Å²) in [5, 5.41) is 1.13. The maximum Gasteiger partial charge on any atom is 0.391 e. The fourth-order valence-corrected chi connectivity index (χ4v) is 7.12. The number of halogens is 5. The van der Waals surface area contributed by atoms with E-state index in [2.05, 4.69) is 4.90 Å². The molecule has 2 aromatic heterocycles. The average molecular weight is 602 g/mol. The fraction of sp³-hybridized carbons (Fsp3) is 0.433.